The summed E-state index contributed by atoms with van der Waals surface area (Å²) in [5, 5.41) is 18.2. The van der Waals surface area contributed by atoms with Crippen LogP contribution in [0.5, 0.6) is 11.5 Å². The molecule has 2 heterocycles. The summed E-state index contributed by atoms with van der Waals surface area (Å²) in [5.41, 5.74) is 1.60. The average molecular weight is 502 g/mol. The second-order valence-electron chi connectivity index (χ2n) is 9.31. The number of phenolic OH excluding ortho intramolecular Hbond substituents is 1. The van der Waals surface area contributed by atoms with Crippen molar-refractivity contribution in [2.24, 2.45) is 11.8 Å². The number of ether oxygens (including phenoxy) is 2. The van der Waals surface area contributed by atoms with Gasteiger partial charge in [0.15, 0.2) is 0 Å². The first kappa shape index (κ1) is 25.5. The number of carbonyl (C=O) groups excluding carboxylic acids is 1. The summed E-state index contributed by atoms with van der Waals surface area (Å²) in [6.45, 7) is 5.35. The number of anilines is 2. The van der Waals surface area contributed by atoms with E-state index in [0.717, 1.165) is 55.9 Å². The zero-order chi connectivity index (χ0) is 24.6. The van der Waals surface area contributed by atoms with Crippen molar-refractivity contribution in [2.45, 2.75) is 45.2 Å². The molecule has 0 aliphatic carbocycles. The molecule has 8 heteroatoms. The number of hydrogen-bond donors (Lipinski definition) is 3. The van der Waals surface area contributed by atoms with Crippen molar-refractivity contribution in [1.82, 2.24) is 5.32 Å². The number of piperidine rings is 1. The molecule has 4 rings (SSSR count). The van der Waals surface area contributed by atoms with E-state index in [-0.39, 0.29) is 29.7 Å². The first-order valence-corrected chi connectivity index (χ1v) is 13.1. The lowest BCUT2D eigenvalue weighted by Gasteiger charge is -2.32. The molecule has 0 amide bonds. The minimum absolute atomic E-state index is 0.106. The van der Waals surface area contributed by atoms with E-state index in [9.17, 15) is 9.90 Å². The van der Waals surface area contributed by atoms with Gasteiger partial charge in [0.05, 0.1) is 18.2 Å². The fourth-order valence-electron chi connectivity index (χ4n) is 4.94. The van der Waals surface area contributed by atoms with E-state index < -0.39 is 0 Å². The Labute approximate surface area is 212 Å². The van der Waals surface area contributed by atoms with Crippen molar-refractivity contribution in [1.29, 1.82) is 0 Å². The molecule has 35 heavy (non-hydrogen) atoms. The summed E-state index contributed by atoms with van der Waals surface area (Å²) in [5.74, 6) is 0.895. The summed E-state index contributed by atoms with van der Waals surface area (Å²) in [7, 11) is 0. The Morgan fingerprint density at radius 3 is 2.83 bits per heavy atom. The zero-order valence-corrected chi connectivity index (χ0v) is 21.1. The molecule has 3 unspecified atom stereocenters. The van der Waals surface area contributed by atoms with Crippen molar-refractivity contribution < 1.29 is 19.4 Å². The predicted octanol–water partition coefficient (Wildman–Crippen LogP) is 5.03. The van der Waals surface area contributed by atoms with Gasteiger partial charge in [-0.3, -0.25) is 4.79 Å². The van der Waals surface area contributed by atoms with Gasteiger partial charge in [0, 0.05) is 11.6 Å². The largest absolute Gasteiger partial charge is 0.506 e. The first-order chi connectivity index (χ1) is 17.1. The van der Waals surface area contributed by atoms with Crippen LogP contribution in [0.4, 0.5) is 11.4 Å². The Bertz CT molecular complexity index is 965. The molecule has 7 nitrogen and oxygen atoms in total. The van der Waals surface area contributed by atoms with E-state index in [1.807, 2.05) is 24.3 Å². The Morgan fingerprint density at radius 1 is 1.26 bits per heavy atom. The van der Waals surface area contributed by atoms with Crippen molar-refractivity contribution >= 4 is 28.9 Å². The monoisotopic (exact) mass is 501 g/mol. The van der Waals surface area contributed by atoms with Crippen LogP contribution < -0.4 is 20.3 Å². The van der Waals surface area contributed by atoms with Gasteiger partial charge in [0.1, 0.15) is 30.0 Å². The maximum atomic E-state index is 13.1. The van der Waals surface area contributed by atoms with E-state index in [0.29, 0.717) is 31.2 Å². The number of hydrogen-bond acceptors (Lipinski definition) is 7. The number of rotatable bonds is 11. The van der Waals surface area contributed by atoms with Crippen molar-refractivity contribution in [2.75, 3.05) is 43.1 Å². The van der Waals surface area contributed by atoms with E-state index in [4.69, 9.17) is 21.1 Å². The van der Waals surface area contributed by atoms with E-state index in [1.165, 1.54) is 0 Å². The van der Waals surface area contributed by atoms with Gasteiger partial charge in [-0.15, -0.1) is 0 Å². The number of benzene rings is 2. The van der Waals surface area contributed by atoms with Crippen LogP contribution in [0.2, 0.25) is 5.02 Å². The summed E-state index contributed by atoms with van der Waals surface area (Å²) < 4.78 is 11.7. The quantitative estimate of drug-likeness (QED) is 0.294. The maximum Gasteiger partial charge on any atom is 0.309 e. The summed E-state index contributed by atoms with van der Waals surface area (Å²) >= 11 is 5.99. The SMILES string of the molecule is CCCCOC(=O)C(CCN1c2c(O)cccc2NC1COc1ccc(Cl)cc1)C1CCCNC1. The van der Waals surface area contributed by atoms with E-state index in [2.05, 4.69) is 22.5 Å². The van der Waals surface area contributed by atoms with Crippen LogP contribution in [0.25, 0.3) is 0 Å². The van der Waals surface area contributed by atoms with Gasteiger partial charge >= 0.3 is 5.97 Å². The average Bonchev–Trinajstić information content (AvgIpc) is 3.23. The second kappa shape index (κ2) is 12.4. The molecule has 3 atom stereocenters. The normalized spacial score (nSPS) is 20.1. The number of unbranched alkanes of at least 4 members (excludes halogenated alkanes) is 1. The smallest absolute Gasteiger partial charge is 0.309 e. The number of esters is 1. The van der Waals surface area contributed by atoms with Crippen molar-refractivity contribution in [3.63, 3.8) is 0 Å². The molecule has 190 valence electrons. The molecule has 0 spiro atoms. The molecule has 0 saturated carbocycles. The third kappa shape index (κ3) is 6.53. The van der Waals surface area contributed by atoms with Crippen LogP contribution in [0.3, 0.4) is 0 Å². The van der Waals surface area contributed by atoms with Gasteiger partial charge in [-0.25, -0.2) is 0 Å². The number of aromatic hydroxyl groups is 1. The third-order valence-corrected chi connectivity index (χ3v) is 7.10. The van der Waals surface area contributed by atoms with Gasteiger partial charge in [0.2, 0.25) is 0 Å². The van der Waals surface area contributed by atoms with Crippen LogP contribution in [0.15, 0.2) is 42.5 Å². The van der Waals surface area contributed by atoms with Gasteiger partial charge in [0.25, 0.3) is 0 Å². The molecular formula is C27H36ClN3O4. The summed E-state index contributed by atoms with van der Waals surface area (Å²) in [4.78, 5) is 15.2. The molecule has 2 aliphatic rings. The molecule has 3 N–H and O–H groups in total. The molecule has 2 aromatic carbocycles. The number of fused-ring (bicyclic) bond motifs is 1. The van der Waals surface area contributed by atoms with E-state index in [1.54, 1.807) is 18.2 Å². The van der Waals surface area contributed by atoms with Crippen LogP contribution >= 0.6 is 11.6 Å². The number of nitrogens with one attached hydrogen (secondary N) is 2. The van der Waals surface area contributed by atoms with Crippen LogP contribution in [0, 0.1) is 11.8 Å². The van der Waals surface area contributed by atoms with Crippen LogP contribution in [-0.2, 0) is 9.53 Å². The predicted molar refractivity (Wildman–Crippen MR) is 139 cm³/mol. The Balaban J connectivity index is 1.48. The highest BCUT2D eigenvalue weighted by Gasteiger charge is 2.35. The van der Waals surface area contributed by atoms with Crippen molar-refractivity contribution in [3.8, 4) is 11.5 Å². The Hall–Kier alpha value is -2.64. The molecule has 0 radical (unpaired) electrons. The second-order valence-corrected chi connectivity index (χ2v) is 9.75. The lowest BCUT2D eigenvalue weighted by atomic mass is 9.84. The molecular weight excluding hydrogens is 466 g/mol. The number of nitrogens with zero attached hydrogens (tertiary/aromatic N) is 1. The van der Waals surface area contributed by atoms with E-state index >= 15 is 0 Å². The number of carbonyl (C=O) groups is 1. The molecule has 1 saturated heterocycles. The number of halogens is 1. The van der Waals surface area contributed by atoms with Gasteiger partial charge in [-0.2, -0.15) is 0 Å². The topological polar surface area (TPSA) is 83.1 Å². The van der Waals surface area contributed by atoms with Crippen molar-refractivity contribution in [3.05, 3.63) is 47.5 Å². The zero-order valence-electron chi connectivity index (χ0n) is 20.3. The first-order valence-electron chi connectivity index (χ1n) is 12.7. The third-order valence-electron chi connectivity index (χ3n) is 6.85. The van der Waals surface area contributed by atoms with Crippen LogP contribution in [-0.4, -0.2) is 50.1 Å². The number of phenols is 1. The molecule has 0 aromatic heterocycles. The minimum atomic E-state index is -0.188. The molecule has 2 aliphatic heterocycles. The fourth-order valence-corrected chi connectivity index (χ4v) is 5.06. The molecule has 1 fully saturated rings. The lowest BCUT2D eigenvalue weighted by molar-refractivity contribution is -0.151. The Kier molecular flexibility index (Phi) is 8.99. The highest BCUT2D eigenvalue weighted by Crippen LogP contribution is 2.42. The highest BCUT2D eigenvalue weighted by molar-refractivity contribution is 6.30. The maximum absolute atomic E-state index is 13.1. The van der Waals surface area contributed by atoms with Gasteiger partial charge < -0.3 is 30.1 Å². The standard InChI is InChI=1S/C27H36ClN3O4/c1-2-3-16-34-27(33)22(19-6-5-14-29-17-19)13-15-31-25(18-35-21-11-9-20(28)10-12-21)30-23-7-4-8-24(32)26(23)31/h4,7-12,19,22,25,29-30,32H,2-3,5-6,13-18H2,1H3. The summed E-state index contributed by atoms with van der Waals surface area (Å²) in [6.07, 6.45) is 4.41. The minimum Gasteiger partial charge on any atom is -0.506 e. The van der Waals surface area contributed by atoms with Gasteiger partial charge in [-0.05, 0) is 81.1 Å². The van der Waals surface area contributed by atoms with Gasteiger partial charge in [-0.1, -0.05) is 31.0 Å². The molecule has 2 aromatic rings. The number of para-hydroxylation sites is 1. The van der Waals surface area contributed by atoms with Crippen LogP contribution in [0.1, 0.15) is 39.0 Å². The Morgan fingerprint density at radius 2 is 2.09 bits per heavy atom. The summed E-state index contributed by atoms with van der Waals surface area (Å²) in [6, 6.07) is 12.7. The fraction of sp³-hybridized carbons (Fsp3) is 0.519. The highest BCUT2D eigenvalue weighted by atomic mass is 35.5. The lowest BCUT2D eigenvalue weighted by Crippen LogP contribution is -2.44. The molecule has 0 bridgehead atoms.